The van der Waals surface area contributed by atoms with Crippen LogP contribution in [-0.2, 0) is 14.3 Å². The van der Waals surface area contributed by atoms with Gasteiger partial charge in [0.15, 0.2) is 0 Å². The number of carbonyl (C=O) groups is 2. The van der Waals surface area contributed by atoms with E-state index in [1.165, 1.54) is 0 Å². The second kappa shape index (κ2) is 10.4. The molecule has 2 aliphatic heterocycles. The molecule has 3 fully saturated rings. The number of piperazine rings is 1. The number of hydrogen-bond donors (Lipinski definition) is 1. The Morgan fingerprint density at radius 3 is 2.35 bits per heavy atom. The van der Waals surface area contributed by atoms with Gasteiger partial charge in [-0.2, -0.15) is 0 Å². The van der Waals surface area contributed by atoms with E-state index in [9.17, 15) is 9.59 Å². The standard InChI is InChI=1S/C24H35N3O4/c1-30-19-10-8-18(9-11-19)26-12-14-27(15-13-26)24(29)22-7-3-2-6-21(22)23(28)25-17-20-5-4-16-31-20/h8-11,20-22H,2-7,12-17H2,1H3,(H,25,28)/t20-,21?,22?/m0/s1. The lowest BCUT2D eigenvalue weighted by atomic mass is 9.77. The van der Waals surface area contributed by atoms with Gasteiger partial charge in [0.2, 0.25) is 11.8 Å². The molecule has 2 heterocycles. The van der Waals surface area contributed by atoms with Gasteiger partial charge in [-0.3, -0.25) is 9.59 Å². The highest BCUT2D eigenvalue weighted by Gasteiger charge is 2.38. The fourth-order valence-corrected chi connectivity index (χ4v) is 5.10. The molecule has 0 aromatic heterocycles. The summed E-state index contributed by atoms with van der Waals surface area (Å²) < 4.78 is 10.9. The number of carbonyl (C=O) groups excluding carboxylic acids is 2. The first-order valence-electron chi connectivity index (χ1n) is 11.7. The maximum Gasteiger partial charge on any atom is 0.226 e. The minimum Gasteiger partial charge on any atom is -0.497 e. The normalized spacial score (nSPS) is 26.5. The average Bonchev–Trinajstić information content (AvgIpc) is 3.36. The van der Waals surface area contributed by atoms with E-state index in [1.54, 1.807) is 7.11 Å². The fourth-order valence-electron chi connectivity index (χ4n) is 5.10. The first-order valence-corrected chi connectivity index (χ1v) is 11.7. The molecule has 2 saturated heterocycles. The average molecular weight is 430 g/mol. The molecule has 0 spiro atoms. The molecule has 170 valence electrons. The molecule has 31 heavy (non-hydrogen) atoms. The third-order valence-electron chi connectivity index (χ3n) is 6.98. The van der Waals surface area contributed by atoms with Crippen molar-refractivity contribution in [2.45, 2.75) is 44.6 Å². The van der Waals surface area contributed by atoms with E-state index in [4.69, 9.17) is 9.47 Å². The smallest absolute Gasteiger partial charge is 0.226 e. The molecule has 1 N–H and O–H groups in total. The number of methoxy groups -OCH3 is 1. The van der Waals surface area contributed by atoms with Crippen molar-refractivity contribution in [3.8, 4) is 5.75 Å². The molecule has 7 heteroatoms. The van der Waals surface area contributed by atoms with Crippen molar-refractivity contribution in [3.05, 3.63) is 24.3 Å². The summed E-state index contributed by atoms with van der Waals surface area (Å²) in [5.41, 5.74) is 1.15. The van der Waals surface area contributed by atoms with Crippen LogP contribution < -0.4 is 15.0 Å². The minimum absolute atomic E-state index is 0.0328. The molecule has 1 aromatic rings. The number of benzene rings is 1. The summed E-state index contributed by atoms with van der Waals surface area (Å²) in [6.45, 7) is 4.36. The van der Waals surface area contributed by atoms with Gasteiger partial charge < -0.3 is 24.6 Å². The van der Waals surface area contributed by atoms with Crippen molar-refractivity contribution in [3.63, 3.8) is 0 Å². The fraction of sp³-hybridized carbons (Fsp3) is 0.667. The Labute approximate surface area is 185 Å². The molecule has 1 aromatic carbocycles. The number of ether oxygens (including phenoxy) is 2. The summed E-state index contributed by atoms with van der Waals surface area (Å²) in [6.07, 6.45) is 5.87. The number of anilines is 1. The number of rotatable bonds is 6. The summed E-state index contributed by atoms with van der Waals surface area (Å²) in [5.74, 6) is 0.642. The van der Waals surface area contributed by atoms with Gasteiger partial charge in [-0.05, 0) is 49.9 Å². The van der Waals surface area contributed by atoms with Gasteiger partial charge in [0.25, 0.3) is 0 Å². The predicted octanol–water partition coefficient (Wildman–Crippen LogP) is 2.45. The van der Waals surface area contributed by atoms with Crippen molar-refractivity contribution in [2.75, 3.05) is 51.3 Å². The number of nitrogens with one attached hydrogen (secondary N) is 1. The van der Waals surface area contributed by atoms with Crippen LogP contribution in [0.2, 0.25) is 0 Å². The summed E-state index contributed by atoms with van der Waals surface area (Å²) in [6, 6.07) is 8.06. The Morgan fingerprint density at radius 1 is 1.00 bits per heavy atom. The first kappa shape index (κ1) is 21.9. The quantitative estimate of drug-likeness (QED) is 0.752. The van der Waals surface area contributed by atoms with Crippen molar-refractivity contribution in [2.24, 2.45) is 11.8 Å². The third kappa shape index (κ3) is 5.32. The van der Waals surface area contributed by atoms with Gasteiger partial charge in [0.05, 0.1) is 13.2 Å². The summed E-state index contributed by atoms with van der Waals surface area (Å²) >= 11 is 0. The van der Waals surface area contributed by atoms with Crippen LogP contribution >= 0.6 is 0 Å². The Hall–Kier alpha value is -2.28. The largest absolute Gasteiger partial charge is 0.497 e. The molecule has 4 rings (SSSR count). The molecular formula is C24H35N3O4. The van der Waals surface area contributed by atoms with Crippen LogP contribution in [-0.4, -0.2) is 69.3 Å². The van der Waals surface area contributed by atoms with E-state index in [0.717, 1.165) is 69.7 Å². The van der Waals surface area contributed by atoms with Crippen LogP contribution in [0.3, 0.4) is 0 Å². The van der Waals surface area contributed by atoms with Crippen molar-refractivity contribution in [1.82, 2.24) is 10.2 Å². The second-order valence-electron chi connectivity index (χ2n) is 8.89. The summed E-state index contributed by atoms with van der Waals surface area (Å²) in [4.78, 5) is 30.5. The minimum atomic E-state index is -0.206. The van der Waals surface area contributed by atoms with E-state index in [2.05, 4.69) is 22.3 Å². The zero-order valence-corrected chi connectivity index (χ0v) is 18.6. The third-order valence-corrected chi connectivity index (χ3v) is 6.98. The maximum atomic E-state index is 13.3. The Bertz CT molecular complexity index is 740. The SMILES string of the molecule is COc1ccc(N2CCN(C(=O)C3CCCCC3C(=O)NC[C@@H]3CCCO3)CC2)cc1. The zero-order chi connectivity index (χ0) is 21.6. The number of nitrogens with zero attached hydrogens (tertiary/aromatic N) is 2. The highest BCUT2D eigenvalue weighted by molar-refractivity contribution is 5.88. The van der Waals surface area contributed by atoms with E-state index in [-0.39, 0.29) is 29.8 Å². The van der Waals surface area contributed by atoms with E-state index >= 15 is 0 Å². The molecule has 2 amide bonds. The number of amides is 2. The van der Waals surface area contributed by atoms with E-state index in [0.29, 0.717) is 19.6 Å². The van der Waals surface area contributed by atoms with Gasteiger partial charge in [-0.25, -0.2) is 0 Å². The first-order chi connectivity index (χ1) is 15.2. The highest BCUT2D eigenvalue weighted by Crippen LogP contribution is 2.32. The molecule has 1 aliphatic carbocycles. The monoisotopic (exact) mass is 429 g/mol. The molecule has 0 radical (unpaired) electrons. The van der Waals surface area contributed by atoms with Crippen LogP contribution in [0.5, 0.6) is 5.75 Å². The lowest BCUT2D eigenvalue weighted by Crippen LogP contribution is -2.53. The molecule has 7 nitrogen and oxygen atoms in total. The van der Waals surface area contributed by atoms with Gasteiger partial charge in [-0.15, -0.1) is 0 Å². The lowest BCUT2D eigenvalue weighted by molar-refractivity contribution is -0.144. The molecule has 3 atom stereocenters. The molecular weight excluding hydrogens is 394 g/mol. The molecule has 2 unspecified atom stereocenters. The van der Waals surface area contributed by atoms with Crippen molar-refractivity contribution < 1.29 is 19.1 Å². The summed E-state index contributed by atoms with van der Waals surface area (Å²) in [7, 11) is 1.67. The van der Waals surface area contributed by atoms with Gasteiger partial charge in [-0.1, -0.05) is 12.8 Å². The zero-order valence-electron chi connectivity index (χ0n) is 18.6. The lowest BCUT2D eigenvalue weighted by Gasteiger charge is -2.39. The van der Waals surface area contributed by atoms with Gasteiger partial charge in [0, 0.05) is 56.9 Å². The van der Waals surface area contributed by atoms with Crippen LogP contribution in [0.15, 0.2) is 24.3 Å². The highest BCUT2D eigenvalue weighted by atomic mass is 16.5. The Kier molecular flexibility index (Phi) is 7.33. The van der Waals surface area contributed by atoms with E-state index < -0.39 is 0 Å². The van der Waals surface area contributed by atoms with Gasteiger partial charge >= 0.3 is 0 Å². The molecule has 0 bridgehead atoms. The van der Waals surface area contributed by atoms with Crippen molar-refractivity contribution >= 4 is 17.5 Å². The van der Waals surface area contributed by atoms with Crippen LogP contribution in [0.4, 0.5) is 5.69 Å². The molecule has 1 saturated carbocycles. The molecule has 3 aliphatic rings. The van der Waals surface area contributed by atoms with Crippen LogP contribution in [0.1, 0.15) is 38.5 Å². The Morgan fingerprint density at radius 2 is 1.71 bits per heavy atom. The summed E-state index contributed by atoms with van der Waals surface area (Å²) in [5, 5.41) is 3.07. The Balaban J connectivity index is 1.31. The van der Waals surface area contributed by atoms with E-state index in [1.807, 2.05) is 17.0 Å². The maximum absolute atomic E-state index is 13.3. The predicted molar refractivity (Wildman–Crippen MR) is 119 cm³/mol. The van der Waals surface area contributed by atoms with Crippen LogP contribution in [0, 0.1) is 11.8 Å². The van der Waals surface area contributed by atoms with Crippen molar-refractivity contribution in [1.29, 1.82) is 0 Å². The van der Waals surface area contributed by atoms with Crippen LogP contribution in [0.25, 0.3) is 0 Å². The number of hydrogen-bond acceptors (Lipinski definition) is 5. The van der Waals surface area contributed by atoms with Gasteiger partial charge in [0.1, 0.15) is 5.75 Å². The topological polar surface area (TPSA) is 71.1 Å². The second-order valence-corrected chi connectivity index (χ2v) is 8.89.